The van der Waals surface area contributed by atoms with E-state index < -0.39 is 16.0 Å². The van der Waals surface area contributed by atoms with E-state index in [1.165, 1.54) is 21.5 Å². The third-order valence-corrected chi connectivity index (χ3v) is 3.05. The van der Waals surface area contributed by atoms with Crippen LogP contribution in [-0.2, 0) is 13.6 Å². The molecule has 0 fully saturated rings. The second-order valence-electron chi connectivity index (χ2n) is 4.86. The molecule has 11 heteroatoms. The van der Waals surface area contributed by atoms with Crippen molar-refractivity contribution in [1.82, 2.24) is 19.1 Å². The van der Waals surface area contributed by atoms with Gasteiger partial charge >= 0.3 is 11.6 Å². The molecule has 23 heavy (non-hydrogen) atoms. The standard InChI is InChI=1S/C7H11N3O3.C5H7N3O2/c1-5(11)4-9-6(2)8-3-7(9)10(12)13;1-4-6-3-5(7(4)2)8(9)10/h3,5,11H,4H2,1-2H3;3H,1-2H3. The molecule has 1 N–H and O–H groups in total. The first-order valence-electron chi connectivity index (χ1n) is 6.62. The Balaban J connectivity index is 0.000000238. The average Bonchev–Trinajstić information content (AvgIpc) is 2.95. The van der Waals surface area contributed by atoms with Gasteiger partial charge in [-0.3, -0.25) is 0 Å². The molecule has 0 amide bonds. The fourth-order valence-electron chi connectivity index (χ4n) is 1.75. The molecule has 0 saturated carbocycles. The first kappa shape index (κ1) is 18.2. The van der Waals surface area contributed by atoms with Crippen LogP contribution in [0, 0.1) is 34.1 Å². The van der Waals surface area contributed by atoms with Crippen molar-refractivity contribution < 1.29 is 15.0 Å². The second kappa shape index (κ2) is 7.45. The molecule has 2 aromatic heterocycles. The van der Waals surface area contributed by atoms with Gasteiger partial charge in [0.1, 0.15) is 18.9 Å². The maximum absolute atomic E-state index is 10.5. The van der Waals surface area contributed by atoms with Gasteiger partial charge in [0.25, 0.3) is 0 Å². The van der Waals surface area contributed by atoms with Crippen molar-refractivity contribution in [2.24, 2.45) is 7.05 Å². The maximum Gasteiger partial charge on any atom is 0.342 e. The van der Waals surface area contributed by atoms with E-state index in [0.717, 1.165) is 0 Å². The van der Waals surface area contributed by atoms with Crippen molar-refractivity contribution in [1.29, 1.82) is 0 Å². The number of aromatic nitrogens is 4. The SMILES string of the molecule is Cc1ncc([N+](=O)[O-])n1C.Cc1ncc([N+](=O)[O-])n1CC(C)O. The molecule has 0 radical (unpaired) electrons. The van der Waals surface area contributed by atoms with Crippen molar-refractivity contribution in [2.45, 2.75) is 33.4 Å². The average molecular weight is 326 g/mol. The Morgan fingerprint density at radius 2 is 1.61 bits per heavy atom. The number of imidazole rings is 2. The number of hydrogen-bond acceptors (Lipinski definition) is 7. The highest BCUT2D eigenvalue weighted by Gasteiger charge is 2.18. The molecule has 1 atom stereocenters. The maximum atomic E-state index is 10.5. The van der Waals surface area contributed by atoms with Gasteiger partial charge in [0.05, 0.1) is 13.2 Å². The van der Waals surface area contributed by atoms with Crippen LogP contribution in [-0.4, -0.2) is 40.2 Å². The molecule has 0 bridgehead atoms. The van der Waals surface area contributed by atoms with Gasteiger partial charge in [0.2, 0.25) is 0 Å². The number of aryl methyl sites for hydroxylation is 2. The zero-order valence-corrected chi connectivity index (χ0v) is 13.2. The molecule has 126 valence electrons. The van der Waals surface area contributed by atoms with Crippen LogP contribution in [0.2, 0.25) is 0 Å². The van der Waals surface area contributed by atoms with Crippen molar-refractivity contribution in [2.75, 3.05) is 0 Å². The van der Waals surface area contributed by atoms with Crippen LogP contribution in [0.25, 0.3) is 0 Å². The molecule has 0 aliphatic heterocycles. The lowest BCUT2D eigenvalue weighted by molar-refractivity contribution is -0.392. The third-order valence-electron chi connectivity index (χ3n) is 3.05. The molecule has 2 heterocycles. The van der Waals surface area contributed by atoms with Crippen LogP contribution >= 0.6 is 0 Å². The minimum atomic E-state index is -0.619. The van der Waals surface area contributed by atoms with Gasteiger partial charge in [0.15, 0.2) is 11.6 Å². The minimum absolute atomic E-state index is 0.0255. The lowest BCUT2D eigenvalue weighted by Gasteiger charge is -2.04. The number of hydrogen-bond donors (Lipinski definition) is 1. The van der Waals surface area contributed by atoms with Crippen LogP contribution < -0.4 is 0 Å². The zero-order chi connectivity index (χ0) is 17.7. The molecule has 0 aliphatic carbocycles. The summed E-state index contributed by atoms with van der Waals surface area (Å²) >= 11 is 0. The van der Waals surface area contributed by atoms with Gasteiger partial charge in [-0.15, -0.1) is 0 Å². The highest BCUT2D eigenvalue weighted by molar-refractivity contribution is 5.19. The van der Waals surface area contributed by atoms with E-state index in [9.17, 15) is 20.2 Å². The van der Waals surface area contributed by atoms with E-state index in [1.807, 2.05) is 0 Å². The van der Waals surface area contributed by atoms with E-state index in [0.29, 0.717) is 11.6 Å². The summed E-state index contributed by atoms with van der Waals surface area (Å²) in [6.07, 6.45) is 1.82. The Labute approximate surface area is 131 Å². The summed E-state index contributed by atoms with van der Waals surface area (Å²) in [4.78, 5) is 27.2. The Kier molecular flexibility index (Phi) is 5.90. The summed E-state index contributed by atoms with van der Waals surface area (Å²) in [5.41, 5.74) is 0. The topological polar surface area (TPSA) is 142 Å². The van der Waals surface area contributed by atoms with Gasteiger partial charge < -0.3 is 25.3 Å². The highest BCUT2D eigenvalue weighted by Crippen LogP contribution is 2.13. The van der Waals surface area contributed by atoms with E-state index in [4.69, 9.17) is 5.11 Å². The molecule has 0 aromatic carbocycles. The van der Waals surface area contributed by atoms with Gasteiger partial charge in [-0.25, -0.2) is 19.1 Å². The monoisotopic (exact) mass is 326 g/mol. The molecule has 2 rings (SSSR count). The van der Waals surface area contributed by atoms with Crippen molar-refractivity contribution in [3.63, 3.8) is 0 Å². The van der Waals surface area contributed by atoms with Crippen molar-refractivity contribution >= 4 is 11.6 Å². The normalized spacial score (nSPS) is 11.5. The van der Waals surface area contributed by atoms with E-state index in [-0.39, 0.29) is 18.2 Å². The zero-order valence-electron chi connectivity index (χ0n) is 13.2. The summed E-state index contributed by atoms with van der Waals surface area (Å²) in [6.45, 7) is 5.15. The second-order valence-corrected chi connectivity index (χ2v) is 4.86. The molecule has 0 saturated heterocycles. The highest BCUT2D eigenvalue weighted by atomic mass is 16.6. The fraction of sp³-hybridized carbons (Fsp3) is 0.500. The summed E-state index contributed by atoms with van der Waals surface area (Å²) in [7, 11) is 1.61. The lowest BCUT2D eigenvalue weighted by Crippen LogP contribution is -2.14. The number of aliphatic hydroxyl groups is 1. The molecule has 1 unspecified atom stereocenters. The Morgan fingerprint density at radius 3 is 1.96 bits per heavy atom. The largest absolute Gasteiger partial charge is 0.389 e. The minimum Gasteiger partial charge on any atom is -0.389 e. The van der Waals surface area contributed by atoms with Crippen LogP contribution in [0.4, 0.5) is 11.6 Å². The Morgan fingerprint density at radius 1 is 1.13 bits per heavy atom. The lowest BCUT2D eigenvalue weighted by atomic mass is 10.4. The smallest absolute Gasteiger partial charge is 0.342 e. The molecular weight excluding hydrogens is 308 g/mol. The first-order valence-corrected chi connectivity index (χ1v) is 6.62. The summed E-state index contributed by atoms with van der Waals surface area (Å²) in [6, 6.07) is 0. The molecule has 0 spiro atoms. The number of aliphatic hydroxyl groups excluding tert-OH is 1. The van der Waals surface area contributed by atoms with Crippen molar-refractivity contribution in [3.05, 3.63) is 44.3 Å². The van der Waals surface area contributed by atoms with Gasteiger partial charge in [-0.05, 0) is 16.8 Å². The Bertz CT molecular complexity index is 705. The number of rotatable bonds is 4. The predicted octanol–water partition coefficient (Wildman–Crippen LogP) is 1.12. The van der Waals surface area contributed by atoms with Gasteiger partial charge in [0, 0.05) is 13.8 Å². The fourth-order valence-corrected chi connectivity index (χ4v) is 1.75. The summed E-state index contributed by atoms with van der Waals surface area (Å²) in [5, 5.41) is 29.7. The van der Waals surface area contributed by atoms with Gasteiger partial charge in [-0.1, -0.05) is 0 Å². The molecule has 2 aromatic rings. The van der Waals surface area contributed by atoms with E-state index in [1.54, 1.807) is 27.8 Å². The van der Waals surface area contributed by atoms with Crippen LogP contribution in [0.1, 0.15) is 18.6 Å². The van der Waals surface area contributed by atoms with Crippen LogP contribution in [0.5, 0.6) is 0 Å². The quantitative estimate of drug-likeness (QED) is 0.655. The van der Waals surface area contributed by atoms with E-state index in [2.05, 4.69) is 9.97 Å². The predicted molar refractivity (Wildman–Crippen MR) is 79.9 cm³/mol. The Hall–Kier alpha value is -2.82. The first-order chi connectivity index (χ1) is 10.6. The molecule has 11 nitrogen and oxygen atoms in total. The van der Waals surface area contributed by atoms with E-state index >= 15 is 0 Å². The van der Waals surface area contributed by atoms with Crippen LogP contribution in [0.15, 0.2) is 12.4 Å². The summed E-state index contributed by atoms with van der Waals surface area (Å²) < 4.78 is 2.81. The number of nitro groups is 2. The van der Waals surface area contributed by atoms with Crippen molar-refractivity contribution in [3.8, 4) is 0 Å². The summed E-state index contributed by atoms with van der Waals surface area (Å²) in [5.74, 6) is 1.12. The molecular formula is C12H18N6O5. The third kappa shape index (κ3) is 4.57. The van der Waals surface area contributed by atoms with Crippen LogP contribution in [0.3, 0.4) is 0 Å². The van der Waals surface area contributed by atoms with Gasteiger partial charge in [-0.2, -0.15) is 0 Å². The molecule has 0 aliphatic rings. The number of nitrogens with zero attached hydrogens (tertiary/aromatic N) is 6.